The molecule has 0 saturated carbocycles. The zero-order valence-electron chi connectivity index (χ0n) is 14.9. The first-order valence-electron chi connectivity index (χ1n) is 9.08. The van der Waals surface area contributed by atoms with Crippen LogP contribution >= 0.6 is 11.8 Å². The van der Waals surface area contributed by atoms with Gasteiger partial charge >= 0.3 is 0 Å². The van der Waals surface area contributed by atoms with E-state index in [1.165, 1.54) is 0 Å². The van der Waals surface area contributed by atoms with Gasteiger partial charge in [-0.05, 0) is 18.9 Å². The van der Waals surface area contributed by atoms with Gasteiger partial charge in [0.05, 0.1) is 13.2 Å². The van der Waals surface area contributed by atoms with Gasteiger partial charge in [-0.1, -0.05) is 18.2 Å². The van der Waals surface area contributed by atoms with Crippen LogP contribution in [0.1, 0.15) is 24.8 Å². The van der Waals surface area contributed by atoms with E-state index in [2.05, 4.69) is 5.32 Å². The molecular formula is C19H28N2O3S. The van der Waals surface area contributed by atoms with Crippen LogP contribution in [0.25, 0.3) is 0 Å². The lowest BCUT2D eigenvalue weighted by atomic mass is 10.1. The molecule has 1 amide bonds. The van der Waals surface area contributed by atoms with Crippen LogP contribution in [-0.4, -0.2) is 61.3 Å². The van der Waals surface area contributed by atoms with Gasteiger partial charge in [-0.25, -0.2) is 0 Å². The first kappa shape index (κ1) is 18.5. The maximum atomic E-state index is 13.0. The van der Waals surface area contributed by atoms with Gasteiger partial charge in [0.2, 0.25) is 5.91 Å². The second-order valence-electron chi connectivity index (χ2n) is 6.65. The van der Waals surface area contributed by atoms with Crippen molar-refractivity contribution in [2.75, 3.05) is 38.3 Å². The number of carbonyl (C=O) groups excluding carboxylic acids is 1. The average Bonchev–Trinajstić information content (AvgIpc) is 3.15. The molecule has 2 aliphatic rings. The Labute approximate surface area is 154 Å². The van der Waals surface area contributed by atoms with E-state index in [1.54, 1.807) is 7.11 Å². The van der Waals surface area contributed by atoms with Crippen LogP contribution in [0.4, 0.5) is 0 Å². The van der Waals surface area contributed by atoms with E-state index in [-0.39, 0.29) is 18.1 Å². The van der Waals surface area contributed by atoms with Gasteiger partial charge in [0.1, 0.15) is 5.75 Å². The fourth-order valence-corrected chi connectivity index (χ4v) is 4.37. The molecule has 2 fully saturated rings. The molecule has 6 heteroatoms. The zero-order valence-corrected chi connectivity index (χ0v) is 15.7. The Balaban J connectivity index is 1.68. The molecule has 1 N–H and O–H groups in total. The normalized spacial score (nSPS) is 23.4. The minimum absolute atomic E-state index is 0.160. The van der Waals surface area contributed by atoms with Gasteiger partial charge < -0.3 is 19.7 Å². The number of benzene rings is 1. The van der Waals surface area contributed by atoms with Crippen LogP contribution in [0, 0.1) is 0 Å². The average molecular weight is 365 g/mol. The summed E-state index contributed by atoms with van der Waals surface area (Å²) in [4.78, 5) is 14.9. The molecule has 2 heterocycles. The lowest BCUT2D eigenvalue weighted by Crippen LogP contribution is -2.44. The van der Waals surface area contributed by atoms with E-state index in [1.807, 2.05) is 40.9 Å². The molecule has 1 aromatic carbocycles. The smallest absolute Gasteiger partial charge is 0.224 e. The number of carbonyl (C=O) groups is 1. The number of ether oxygens (including phenoxy) is 2. The summed E-state index contributed by atoms with van der Waals surface area (Å²) in [5.41, 5.74) is 1.04. The van der Waals surface area contributed by atoms with Crippen LogP contribution < -0.4 is 10.1 Å². The van der Waals surface area contributed by atoms with Crippen molar-refractivity contribution < 1.29 is 14.3 Å². The number of nitrogens with zero attached hydrogens (tertiary/aromatic N) is 1. The third-order valence-electron chi connectivity index (χ3n) is 4.77. The molecule has 138 valence electrons. The minimum Gasteiger partial charge on any atom is -0.496 e. The number of amides is 1. The Morgan fingerprint density at radius 3 is 3.04 bits per heavy atom. The maximum Gasteiger partial charge on any atom is 0.224 e. The molecule has 0 aromatic heterocycles. The number of thioether (sulfide) groups is 1. The second-order valence-corrected chi connectivity index (χ2v) is 7.80. The fraction of sp³-hybridized carbons (Fsp3) is 0.632. The third-order valence-corrected chi connectivity index (χ3v) is 5.90. The molecule has 0 spiro atoms. The van der Waals surface area contributed by atoms with Gasteiger partial charge in [0.15, 0.2) is 0 Å². The third kappa shape index (κ3) is 5.36. The van der Waals surface area contributed by atoms with Crippen molar-refractivity contribution in [3.8, 4) is 5.75 Å². The fourth-order valence-electron chi connectivity index (χ4n) is 3.42. The molecular weight excluding hydrogens is 336 g/mol. The minimum atomic E-state index is 0.160. The summed E-state index contributed by atoms with van der Waals surface area (Å²) in [6.45, 7) is 3.03. The van der Waals surface area contributed by atoms with Crippen LogP contribution in [0.5, 0.6) is 5.75 Å². The highest BCUT2D eigenvalue weighted by Crippen LogP contribution is 2.22. The summed E-state index contributed by atoms with van der Waals surface area (Å²) in [6, 6.07) is 8.20. The monoisotopic (exact) mass is 364 g/mol. The SMILES string of the molecule is COc1ccccc1CN(CC1CCCO1)C(=O)CC1CSCCN1. The standard InChI is InChI=1S/C19H28N2O3S/c1-23-18-7-3-2-5-15(18)12-21(13-17-6-4-9-24-17)19(22)11-16-14-25-10-8-20-16/h2-3,5,7,16-17,20H,4,6,8-14H2,1H3. The van der Waals surface area contributed by atoms with Crippen molar-refractivity contribution in [1.29, 1.82) is 0 Å². The lowest BCUT2D eigenvalue weighted by molar-refractivity contribution is -0.133. The lowest BCUT2D eigenvalue weighted by Gasteiger charge is -2.29. The quantitative estimate of drug-likeness (QED) is 0.805. The molecule has 25 heavy (non-hydrogen) atoms. The van der Waals surface area contributed by atoms with E-state index in [0.29, 0.717) is 19.5 Å². The second kappa shape index (κ2) is 9.46. The topological polar surface area (TPSA) is 50.8 Å². The van der Waals surface area contributed by atoms with E-state index in [0.717, 1.165) is 48.8 Å². The highest BCUT2D eigenvalue weighted by atomic mass is 32.2. The van der Waals surface area contributed by atoms with Crippen molar-refractivity contribution >= 4 is 17.7 Å². The van der Waals surface area contributed by atoms with Crippen LogP contribution in [-0.2, 0) is 16.1 Å². The van der Waals surface area contributed by atoms with Gasteiger partial charge in [0.25, 0.3) is 0 Å². The highest BCUT2D eigenvalue weighted by molar-refractivity contribution is 7.99. The molecule has 3 rings (SSSR count). The van der Waals surface area contributed by atoms with Crippen molar-refractivity contribution in [3.63, 3.8) is 0 Å². The number of hydrogen-bond acceptors (Lipinski definition) is 5. The zero-order chi connectivity index (χ0) is 17.5. The van der Waals surface area contributed by atoms with E-state index >= 15 is 0 Å². The number of hydrogen-bond donors (Lipinski definition) is 1. The van der Waals surface area contributed by atoms with Gasteiger partial charge in [-0.15, -0.1) is 0 Å². The molecule has 5 nitrogen and oxygen atoms in total. The van der Waals surface area contributed by atoms with Crippen molar-refractivity contribution in [2.45, 2.75) is 38.0 Å². The Kier molecular flexibility index (Phi) is 7.02. The van der Waals surface area contributed by atoms with E-state index in [4.69, 9.17) is 9.47 Å². The number of methoxy groups -OCH3 is 1. The Bertz CT molecular complexity index is 557. The van der Waals surface area contributed by atoms with Crippen LogP contribution in [0.2, 0.25) is 0 Å². The largest absolute Gasteiger partial charge is 0.496 e. The Hall–Kier alpha value is -1.24. The summed E-state index contributed by atoms with van der Waals surface area (Å²) in [5.74, 6) is 3.17. The summed E-state index contributed by atoms with van der Waals surface area (Å²) < 4.78 is 11.2. The molecule has 2 unspecified atom stereocenters. The number of rotatable bonds is 7. The molecule has 1 aromatic rings. The predicted molar refractivity (Wildman–Crippen MR) is 101 cm³/mol. The Morgan fingerprint density at radius 2 is 2.32 bits per heavy atom. The van der Waals surface area contributed by atoms with Crippen LogP contribution in [0.3, 0.4) is 0 Å². The van der Waals surface area contributed by atoms with Crippen LogP contribution in [0.15, 0.2) is 24.3 Å². The Morgan fingerprint density at radius 1 is 1.44 bits per heavy atom. The predicted octanol–water partition coefficient (Wildman–Crippen LogP) is 2.30. The van der Waals surface area contributed by atoms with Gasteiger partial charge in [-0.3, -0.25) is 4.79 Å². The van der Waals surface area contributed by atoms with E-state index < -0.39 is 0 Å². The summed E-state index contributed by atoms with van der Waals surface area (Å²) in [5, 5.41) is 3.46. The van der Waals surface area contributed by atoms with Crippen molar-refractivity contribution in [1.82, 2.24) is 10.2 Å². The first-order chi connectivity index (χ1) is 12.3. The molecule has 2 saturated heterocycles. The van der Waals surface area contributed by atoms with E-state index in [9.17, 15) is 4.79 Å². The molecule has 0 aliphatic carbocycles. The summed E-state index contributed by atoms with van der Waals surface area (Å²) in [7, 11) is 1.67. The molecule has 2 aliphatic heterocycles. The van der Waals surface area contributed by atoms with Crippen molar-refractivity contribution in [2.24, 2.45) is 0 Å². The van der Waals surface area contributed by atoms with Crippen molar-refractivity contribution in [3.05, 3.63) is 29.8 Å². The number of nitrogens with one attached hydrogen (secondary N) is 1. The summed E-state index contributed by atoms with van der Waals surface area (Å²) in [6.07, 6.45) is 2.83. The first-order valence-corrected chi connectivity index (χ1v) is 10.2. The molecule has 0 bridgehead atoms. The highest BCUT2D eigenvalue weighted by Gasteiger charge is 2.26. The maximum absolute atomic E-state index is 13.0. The molecule has 0 radical (unpaired) electrons. The molecule has 2 atom stereocenters. The number of para-hydroxylation sites is 1. The summed E-state index contributed by atoms with van der Waals surface area (Å²) >= 11 is 1.92. The van der Waals surface area contributed by atoms with Gasteiger partial charge in [-0.2, -0.15) is 11.8 Å². The van der Waals surface area contributed by atoms with Gasteiger partial charge in [0, 0.05) is 55.8 Å².